The highest BCUT2D eigenvalue weighted by molar-refractivity contribution is 5.92. The highest BCUT2D eigenvalue weighted by atomic mass is 16.6. The molecule has 3 unspecified atom stereocenters. The van der Waals surface area contributed by atoms with E-state index in [2.05, 4.69) is 10.6 Å². The molecule has 0 saturated heterocycles. The van der Waals surface area contributed by atoms with Crippen molar-refractivity contribution in [2.45, 2.75) is 65.3 Å². The van der Waals surface area contributed by atoms with E-state index in [1.54, 1.807) is 39.0 Å². The molecular weight excluding hydrogens is 446 g/mol. The number of rotatable bonds is 9. The Morgan fingerprint density at radius 2 is 1.63 bits per heavy atom. The van der Waals surface area contributed by atoms with Crippen LogP contribution < -0.4 is 10.6 Å². The fourth-order valence-electron chi connectivity index (χ4n) is 3.59. The fourth-order valence-corrected chi connectivity index (χ4v) is 3.59. The Labute approximate surface area is 207 Å². The average Bonchev–Trinajstić information content (AvgIpc) is 2.81. The minimum absolute atomic E-state index is 0.104. The third kappa shape index (κ3) is 8.02. The number of hydrogen-bond donors (Lipinski definition) is 3. The van der Waals surface area contributed by atoms with Crippen LogP contribution in [0.4, 0.5) is 4.79 Å². The SMILES string of the molecule is CCC(C)C(NC(=O)OC(C)(C)C)C(=O)N(C)C(C(=O)NCc1ccccc1)c1ccccc1O. The van der Waals surface area contributed by atoms with Crippen molar-refractivity contribution in [3.05, 3.63) is 65.7 Å². The van der Waals surface area contributed by atoms with Gasteiger partial charge in [-0.1, -0.05) is 68.8 Å². The van der Waals surface area contributed by atoms with Gasteiger partial charge in [0.15, 0.2) is 0 Å². The Morgan fingerprint density at radius 3 is 2.20 bits per heavy atom. The number of aromatic hydroxyl groups is 1. The minimum Gasteiger partial charge on any atom is -0.508 e. The van der Waals surface area contributed by atoms with Crippen LogP contribution in [-0.4, -0.2) is 46.6 Å². The maximum Gasteiger partial charge on any atom is 0.408 e. The molecule has 0 aromatic heterocycles. The van der Waals surface area contributed by atoms with Crippen molar-refractivity contribution in [2.24, 2.45) is 5.92 Å². The van der Waals surface area contributed by atoms with E-state index >= 15 is 0 Å². The van der Waals surface area contributed by atoms with Crippen LogP contribution in [0.2, 0.25) is 0 Å². The topological polar surface area (TPSA) is 108 Å². The van der Waals surface area contributed by atoms with Gasteiger partial charge in [0, 0.05) is 19.2 Å². The zero-order valence-electron chi connectivity index (χ0n) is 21.4. The fraction of sp³-hybridized carbons (Fsp3) is 0.444. The van der Waals surface area contributed by atoms with E-state index in [4.69, 9.17) is 4.74 Å². The summed E-state index contributed by atoms with van der Waals surface area (Å²) in [6.45, 7) is 9.24. The van der Waals surface area contributed by atoms with E-state index in [0.29, 0.717) is 6.42 Å². The number of nitrogens with zero attached hydrogens (tertiary/aromatic N) is 1. The average molecular weight is 484 g/mol. The molecule has 3 N–H and O–H groups in total. The van der Waals surface area contributed by atoms with Crippen molar-refractivity contribution < 1.29 is 24.2 Å². The number of carbonyl (C=O) groups is 3. The van der Waals surface area contributed by atoms with Crippen LogP contribution in [0.1, 0.15) is 58.2 Å². The molecule has 190 valence electrons. The van der Waals surface area contributed by atoms with Gasteiger partial charge in [0.2, 0.25) is 11.8 Å². The summed E-state index contributed by atoms with van der Waals surface area (Å²) in [5.41, 5.74) is 0.457. The maximum atomic E-state index is 13.6. The van der Waals surface area contributed by atoms with Gasteiger partial charge in [-0.25, -0.2) is 4.79 Å². The quantitative estimate of drug-likeness (QED) is 0.497. The van der Waals surface area contributed by atoms with Crippen LogP contribution in [-0.2, 0) is 20.9 Å². The summed E-state index contributed by atoms with van der Waals surface area (Å²) in [7, 11) is 1.49. The second-order valence-corrected chi connectivity index (χ2v) is 9.62. The lowest BCUT2D eigenvalue weighted by molar-refractivity contribution is -0.141. The van der Waals surface area contributed by atoms with Crippen LogP contribution in [0.5, 0.6) is 5.75 Å². The third-order valence-electron chi connectivity index (χ3n) is 5.68. The molecule has 0 spiro atoms. The first-order valence-corrected chi connectivity index (χ1v) is 11.8. The smallest absolute Gasteiger partial charge is 0.408 e. The summed E-state index contributed by atoms with van der Waals surface area (Å²) in [6, 6.07) is 13.8. The van der Waals surface area contributed by atoms with Gasteiger partial charge in [-0.05, 0) is 38.3 Å². The van der Waals surface area contributed by atoms with Gasteiger partial charge < -0.3 is 25.4 Å². The van der Waals surface area contributed by atoms with Gasteiger partial charge in [0.25, 0.3) is 0 Å². The number of nitrogens with one attached hydrogen (secondary N) is 2. The number of amides is 3. The summed E-state index contributed by atoms with van der Waals surface area (Å²) in [5.74, 6) is -1.25. The van der Waals surface area contributed by atoms with E-state index in [0.717, 1.165) is 5.56 Å². The molecule has 3 atom stereocenters. The van der Waals surface area contributed by atoms with Gasteiger partial charge in [-0.2, -0.15) is 0 Å². The highest BCUT2D eigenvalue weighted by Gasteiger charge is 2.37. The molecule has 0 aliphatic carbocycles. The van der Waals surface area contributed by atoms with Crippen LogP contribution in [0.15, 0.2) is 54.6 Å². The van der Waals surface area contributed by atoms with Gasteiger partial charge in [-0.15, -0.1) is 0 Å². The van der Waals surface area contributed by atoms with Crippen molar-refractivity contribution in [1.82, 2.24) is 15.5 Å². The molecule has 0 bridgehead atoms. The number of ether oxygens (including phenoxy) is 1. The van der Waals surface area contributed by atoms with Gasteiger partial charge in [0.05, 0.1) is 0 Å². The minimum atomic E-state index is -1.11. The number of phenols is 1. The molecule has 3 amide bonds. The normalized spacial score (nSPS) is 13.8. The number of hydrogen-bond acceptors (Lipinski definition) is 5. The van der Waals surface area contributed by atoms with E-state index in [9.17, 15) is 19.5 Å². The number of benzene rings is 2. The number of para-hydroxylation sites is 1. The van der Waals surface area contributed by atoms with Gasteiger partial charge in [0.1, 0.15) is 23.4 Å². The zero-order chi connectivity index (χ0) is 26.2. The Hall–Kier alpha value is -3.55. The van der Waals surface area contributed by atoms with Crippen LogP contribution in [0.25, 0.3) is 0 Å². The van der Waals surface area contributed by atoms with Crippen molar-refractivity contribution in [2.75, 3.05) is 7.05 Å². The van der Waals surface area contributed by atoms with Crippen LogP contribution in [0, 0.1) is 5.92 Å². The van der Waals surface area contributed by atoms with E-state index < -0.39 is 35.6 Å². The zero-order valence-corrected chi connectivity index (χ0v) is 21.4. The van der Waals surface area contributed by atoms with Crippen LogP contribution in [0.3, 0.4) is 0 Å². The van der Waals surface area contributed by atoms with E-state index in [-0.39, 0.29) is 23.8 Å². The molecular formula is C27H37N3O5. The summed E-state index contributed by atoms with van der Waals surface area (Å²) in [4.78, 5) is 40.8. The number of phenolic OH excluding ortho intramolecular Hbond substituents is 1. The first-order chi connectivity index (χ1) is 16.4. The molecule has 2 aromatic carbocycles. The van der Waals surface area contributed by atoms with Crippen molar-refractivity contribution >= 4 is 17.9 Å². The monoisotopic (exact) mass is 483 g/mol. The van der Waals surface area contributed by atoms with Crippen molar-refractivity contribution in [3.63, 3.8) is 0 Å². The summed E-state index contributed by atoms with van der Waals surface area (Å²) >= 11 is 0. The first kappa shape index (κ1) is 27.7. The second-order valence-electron chi connectivity index (χ2n) is 9.62. The molecule has 0 radical (unpaired) electrons. The lowest BCUT2D eigenvalue weighted by Crippen LogP contribution is -2.54. The first-order valence-electron chi connectivity index (χ1n) is 11.8. The maximum absolute atomic E-state index is 13.6. The number of likely N-dealkylation sites (N-methyl/N-ethyl adjacent to an activating group) is 1. The third-order valence-corrected chi connectivity index (χ3v) is 5.68. The van der Waals surface area contributed by atoms with Crippen molar-refractivity contribution in [3.8, 4) is 5.75 Å². The molecule has 0 fully saturated rings. The van der Waals surface area contributed by atoms with E-state index in [1.165, 1.54) is 18.0 Å². The standard InChI is InChI=1S/C27H37N3O5/c1-7-18(2)22(29-26(34)35-27(3,4)5)25(33)30(6)23(20-15-11-12-16-21(20)31)24(32)28-17-19-13-9-8-10-14-19/h8-16,18,22-23,31H,7,17H2,1-6H3,(H,28,32)(H,29,34). The molecule has 8 heteroatoms. The van der Waals surface area contributed by atoms with Gasteiger partial charge in [-0.3, -0.25) is 9.59 Å². The Balaban J connectivity index is 2.34. The largest absolute Gasteiger partial charge is 0.508 e. The predicted octanol–water partition coefficient (Wildman–Crippen LogP) is 4.15. The van der Waals surface area contributed by atoms with Gasteiger partial charge >= 0.3 is 6.09 Å². The molecule has 0 saturated carbocycles. The number of carbonyl (C=O) groups excluding carboxylic acids is 3. The lowest BCUT2D eigenvalue weighted by Gasteiger charge is -2.33. The highest BCUT2D eigenvalue weighted by Crippen LogP contribution is 2.29. The molecule has 0 heterocycles. The van der Waals surface area contributed by atoms with E-state index in [1.807, 2.05) is 44.2 Å². The molecule has 0 aliphatic rings. The summed E-state index contributed by atoms with van der Waals surface area (Å²) < 4.78 is 5.35. The predicted molar refractivity (Wildman–Crippen MR) is 135 cm³/mol. The molecule has 2 rings (SSSR count). The second kappa shape index (κ2) is 12.2. The number of alkyl carbamates (subject to hydrolysis) is 1. The Bertz CT molecular complexity index is 1000. The molecule has 35 heavy (non-hydrogen) atoms. The summed E-state index contributed by atoms with van der Waals surface area (Å²) in [6.07, 6.45) is -0.0983. The summed E-state index contributed by atoms with van der Waals surface area (Å²) in [5, 5.41) is 16.0. The molecule has 0 aliphatic heterocycles. The van der Waals surface area contributed by atoms with Crippen molar-refractivity contribution in [1.29, 1.82) is 0 Å². The molecule has 2 aromatic rings. The molecule has 8 nitrogen and oxygen atoms in total. The van der Waals surface area contributed by atoms with Crippen LogP contribution >= 0.6 is 0 Å². The Morgan fingerprint density at radius 1 is 1.03 bits per heavy atom. The Kier molecular flexibility index (Phi) is 9.68. The lowest BCUT2D eigenvalue weighted by atomic mass is 9.96.